The van der Waals surface area contributed by atoms with Crippen LogP contribution in [0.3, 0.4) is 0 Å². The van der Waals surface area contributed by atoms with E-state index < -0.39 is 28.5 Å². The van der Waals surface area contributed by atoms with Gasteiger partial charge in [-0.1, -0.05) is 30.3 Å². The topological polar surface area (TPSA) is 96.2 Å². The molecular formula is C24H36N4O3. The molecule has 0 aliphatic carbocycles. The van der Waals surface area contributed by atoms with Gasteiger partial charge in [0.15, 0.2) is 0 Å². The number of amides is 2. The zero-order chi connectivity index (χ0) is 23.3. The van der Waals surface area contributed by atoms with Crippen molar-refractivity contribution in [1.82, 2.24) is 20.2 Å². The first-order valence-corrected chi connectivity index (χ1v) is 10.7. The minimum absolute atomic E-state index is 0.00729. The molecule has 2 aromatic rings. The maximum Gasteiger partial charge on any atom is 0.262 e. The summed E-state index contributed by atoms with van der Waals surface area (Å²) in [6, 6.07) is 10.1. The Morgan fingerprint density at radius 3 is 2.03 bits per heavy atom. The molecule has 7 nitrogen and oxygen atoms in total. The molecule has 0 radical (unpaired) electrons. The van der Waals surface area contributed by atoms with Crippen molar-refractivity contribution in [3.63, 3.8) is 0 Å². The van der Waals surface area contributed by atoms with Crippen LogP contribution in [-0.4, -0.2) is 43.2 Å². The molecular weight excluding hydrogens is 392 g/mol. The second-order valence-corrected chi connectivity index (χ2v) is 10.1. The van der Waals surface area contributed by atoms with Gasteiger partial charge in [-0.05, 0) is 66.4 Å². The van der Waals surface area contributed by atoms with Crippen LogP contribution in [-0.2, 0) is 22.6 Å². The highest BCUT2D eigenvalue weighted by atomic mass is 16.3. The van der Waals surface area contributed by atoms with E-state index in [-0.39, 0.29) is 6.42 Å². The Hall–Kier alpha value is -2.67. The number of aryl methyl sites for hydroxylation is 1. The third-order valence-corrected chi connectivity index (χ3v) is 4.69. The quantitative estimate of drug-likeness (QED) is 0.563. The van der Waals surface area contributed by atoms with Gasteiger partial charge in [-0.2, -0.15) is 0 Å². The van der Waals surface area contributed by atoms with Gasteiger partial charge in [0.1, 0.15) is 0 Å². The first kappa shape index (κ1) is 24.6. The highest BCUT2D eigenvalue weighted by Gasteiger charge is 2.45. The Morgan fingerprint density at radius 1 is 0.968 bits per heavy atom. The summed E-state index contributed by atoms with van der Waals surface area (Å²) in [6.45, 7) is 11.6. The number of nitrogens with zero attached hydrogens (tertiary/aromatic N) is 2. The van der Waals surface area contributed by atoms with E-state index in [4.69, 9.17) is 0 Å². The molecule has 170 valence electrons. The van der Waals surface area contributed by atoms with Crippen LogP contribution in [0.2, 0.25) is 0 Å². The molecule has 0 fully saturated rings. The van der Waals surface area contributed by atoms with Crippen LogP contribution in [0.5, 0.6) is 0 Å². The summed E-state index contributed by atoms with van der Waals surface area (Å²) in [7, 11) is 0. The van der Waals surface area contributed by atoms with Crippen molar-refractivity contribution in [2.24, 2.45) is 0 Å². The van der Waals surface area contributed by atoms with Gasteiger partial charge in [0.2, 0.25) is 5.60 Å². The van der Waals surface area contributed by atoms with Crippen LogP contribution < -0.4 is 10.6 Å². The predicted molar refractivity (Wildman–Crippen MR) is 121 cm³/mol. The van der Waals surface area contributed by atoms with Crippen molar-refractivity contribution in [3.05, 3.63) is 54.1 Å². The highest BCUT2D eigenvalue weighted by molar-refractivity contribution is 6.08. The van der Waals surface area contributed by atoms with E-state index in [1.165, 1.54) is 0 Å². The molecule has 1 aromatic heterocycles. The highest BCUT2D eigenvalue weighted by Crippen LogP contribution is 2.20. The Bertz CT molecular complexity index is 848. The van der Waals surface area contributed by atoms with Crippen molar-refractivity contribution in [2.75, 3.05) is 0 Å². The number of imidazole rings is 1. The van der Waals surface area contributed by atoms with E-state index in [1.807, 2.05) is 64.3 Å². The summed E-state index contributed by atoms with van der Waals surface area (Å²) in [5.41, 5.74) is -1.14. The molecule has 0 saturated carbocycles. The standard InChI is InChI=1S/C24H36N4O3/c1-22(2,3)26-20(29)24(31,21(30)27-23(4,5)6)14-10-13-19-15-25-17-28(19)16-18-11-8-7-9-12-18/h7-9,11-12,15,17,31H,10,13-14,16H2,1-6H3,(H,26,29)(H,27,30). The molecule has 0 aliphatic heterocycles. The van der Waals surface area contributed by atoms with E-state index >= 15 is 0 Å². The number of aliphatic hydroxyl groups is 1. The fourth-order valence-electron chi connectivity index (χ4n) is 3.22. The minimum atomic E-state index is -2.15. The maximum absolute atomic E-state index is 12.9. The van der Waals surface area contributed by atoms with Crippen LogP contribution in [0.15, 0.2) is 42.9 Å². The van der Waals surface area contributed by atoms with Crippen molar-refractivity contribution < 1.29 is 14.7 Å². The van der Waals surface area contributed by atoms with Gasteiger partial charge in [-0.3, -0.25) is 9.59 Å². The monoisotopic (exact) mass is 428 g/mol. The zero-order valence-electron chi connectivity index (χ0n) is 19.5. The lowest BCUT2D eigenvalue weighted by Crippen LogP contribution is -2.62. The summed E-state index contributed by atoms with van der Waals surface area (Å²) in [5.74, 6) is -1.36. The molecule has 31 heavy (non-hydrogen) atoms. The van der Waals surface area contributed by atoms with Gasteiger partial charge < -0.3 is 20.3 Å². The number of rotatable bonds is 8. The third-order valence-electron chi connectivity index (χ3n) is 4.69. The van der Waals surface area contributed by atoms with Crippen LogP contribution in [0.4, 0.5) is 0 Å². The summed E-state index contributed by atoms with van der Waals surface area (Å²) in [6.07, 6.45) is 4.60. The lowest BCUT2D eigenvalue weighted by molar-refractivity contribution is -0.156. The molecule has 0 aliphatic rings. The normalized spacial score (nSPS) is 12.5. The first-order valence-electron chi connectivity index (χ1n) is 10.7. The number of benzene rings is 1. The smallest absolute Gasteiger partial charge is 0.262 e. The molecule has 0 spiro atoms. The van der Waals surface area contributed by atoms with Gasteiger partial charge in [0.05, 0.1) is 6.33 Å². The van der Waals surface area contributed by atoms with E-state index in [0.29, 0.717) is 19.4 Å². The fraction of sp³-hybridized carbons (Fsp3) is 0.542. The average molecular weight is 429 g/mol. The average Bonchev–Trinajstić information content (AvgIpc) is 3.06. The van der Waals surface area contributed by atoms with Crippen LogP contribution in [0, 0.1) is 0 Å². The van der Waals surface area contributed by atoms with Gasteiger partial charge in [0, 0.05) is 29.5 Å². The maximum atomic E-state index is 12.9. The summed E-state index contributed by atoms with van der Waals surface area (Å²) in [4.78, 5) is 30.0. The van der Waals surface area contributed by atoms with Crippen LogP contribution in [0.25, 0.3) is 0 Å². The van der Waals surface area contributed by atoms with Crippen LogP contribution >= 0.6 is 0 Å². The van der Waals surface area contributed by atoms with Crippen molar-refractivity contribution >= 4 is 11.8 Å². The molecule has 1 heterocycles. The van der Waals surface area contributed by atoms with E-state index in [2.05, 4.69) is 27.8 Å². The predicted octanol–water partition coefficient (Wildman–Crippen LogP) is 2.81. The lowest BCUT2D eigenvalue weighted by Gasteiger charge is -2.33. The van der Waals surface area contributed by atoms with E-state index in [0.717, 1.165) is 11.3 Å². The summed E-state index contributed by atoms with van der Waals surface area (Å²) in [5, 5.41) is 16.7. The number of hydrogen-bond donors (Lipinski definition) is 3. The largest absolute Gasteiger partial charge is 0.372 e. The van der Waals surface area contributed by atoms with Crippen molar-refractivity contribution in [1.29, 1.82) is 0 Å². The number of aromatic nitrogens is 2. The molecule has 3 N–H and O–H groups in total. The third kappa shape index (κ3) is 7.51. The summed E-state index contributed by atoms with van der Waals surface area (Å²) >= 11 is 0. The second-order valence-electron chi connectivity index (χ2n) is 10.1. The number of hydrogen-bond acceptors (Lipinski definition) is 4. The van der Waals surface area contributed by atoms with Crippen LogP contribution in [0.1, 0.15) is 65.6 Å². The Morgan fingerprint density at radius 2 is 1.52 bits per heavy atom. The molecule has 2 amide bonds. The SMILES string of the molecule is CC(C)(C)NC(=O)C(O)(CCCc1cncn1Cc1ccccc1)C(=O)NC(C)(C)C. The number of carbonyl (C=O) groups excluding carboxylic acids is 2. The minimum Gasteiger partial charge on any atom is -0.372 e. The fourth-order valence-corrected chi connectivity index (χ4v) is 3.22. The Kier molecular flexibility index (Phi) is 7.65. The molecule has 0 unspecified atom stereocenters. The van der Waals surface area contributed by atoms with Gasteiger partial charge in [-0.15, -0.1) is 0 Å². The molecule has 0 atom stereocenters. The lowest BCUT2D eigenvalue weighted by atomic mass is 9.91. The van der Waals surface area contributed by atoms with E-state index in [9.17, 15) is 14.7 Å². The molecule has 2 rings (SSSR count). The van der Waals surface area contributed by atoms with Gasteiger partial charge >= 0.3 is 0 Å². The molecule has 0 bridgehead atoms. The van der Waals surface area contributed by atoms with E-state index in [1.54, 1.807) is 12.5 Å². The molecule has 0 saturated heterocycles. The molecule has 1 aromatic carbocycles. The zero-order valence-corrected chi connectivity index (χ0v) is 19.5. The van der Waals surface area contributed by atoms with Crippen molar-refractivity contribution in [2.45, 2.75) is 84.0 Å². The van der Waals surface area contributed by atoms with Crippen molar-refractivity contribution in [3.8, 4) is 0 Å². The Balaban J connectivity index is 2.11. The number of nitrogens with one attached hydrogen (secondary N) is 2. The van der Waals surface area contributed by atoms with Gasteiger partial charge in [0.25, 0.3) is 11.8 Å². The molecule has 7 heteroatoms. The first-order chi connectivity index (χ1) is 14.3. The summed E-state index contributed by atoms with van der Waals surface area (Å²) < 4.78 is 2.04. The number of carbonyl (C=O) groups is 2. The second kappa shape index (κ2) is 9.64. The van der Waals surface area contributed by atoms with Gasteiger partial charge in [-0.25, -0.2) is 4.98 Å². The Labute approximate surface area is 185 Å².